The smallest absolute Gasteiger partial charge is 0.234 e. The first-order valence-corrected chi connectivity index (χ1v) is 11.7. The highest BCUT2D eigenvalue weighted by molar-refractivity contribution is 8.03. The van der Waals surface area contributed by atoms with E-state index in [9.17, 15) is 14.9 Å². The van der Waals surface area contributed by atoms with Gasteiger partial charge in [-0.2, -0.15) is 5.26 Å². The van der Waals surface area contributed by atoms with Gasteiger partial charge in [-0.25, -0.2) is 0 Å². The molecule has 0 saturated carbocycles. The number of carbonyl (C=O) groups is 2. The molecule has 0 saturated heterocycles. The molecule has 6 nitrogen and oxygen atoms in total. The van der Waals surface area contributed by atoms with E-state index in [0.717, 1.165) is 36.4 Å². The van der Waals surface area contributed by atoms with Crippen LogP contribution in [0.3, 0.4) is 0 Å². The zero-order valence-corrected chi connectivity index (χ0v) is 19.0. The number of thioether (sulfide) groups is 1. The summed E-state index contributed by atoms with van der Waals surface area (Å²) in [5, 5.41) is 16.8. The molecule has 2 heterocycles. The number of furan rings is 1. The summed E-state index contributed by atoms with van der Waals surface area (Å²) in [6.45, 7) is 3.92. The van der Waals surface area contributed by atoms with Gasteiger partial charge in [0.1, 0.15) is 11.5 Å². The number of carbonyl (C=O) groups excluding carboxylic acids is 2. The first kappa shape index (κ1) is 22.0. The zero-order valence-electron chi connectivity index (χ0n) is 18.2. The summed E-state index contributed by atoms with van der Waals surface area (Å²) in [6, 6.07) is 13.7. The number of anilines is 1. The number of rotatable bonds is 6. The molecule has 32 heavy (non-hydrogen) atoms. The van der Waals surface area contributed by atoms with Crippen molar-refractivity contribution in [2.24, 2.45) is 0 Å². The second-order valence-electron chi connectivity index (χ2n) is 7.92. The lowest BCUT2D eigenvalue weighted by Gasteiger charge is -2.32. The number of nitriles is 1. The van der Waals surface area contributed by atoms with Gasteiger partial charge in [-0.3, -0.25) is 9.59 Å². The van der Waals surface area contributed by atoms with Crippen molar-refractivity contribution in [1.82, 2.24) is 5.32 Å². The van der Waals surface area contributed by atoms with Gasteiger partial charge in [0.25, 0.3) is 0 Å². The predicted molar refractivity (Wildman–Crippen MR) is 125 cm³/mol. The fourth-order valence-electron chi connectivity index (χ4n) is 4.09. The molecule has 1 amide bonds. The molecule has 7 heteroatoms. The Morgan fingerprint density at radius 3 is 2.69 bits per heavy atom. The predicted octanol–water partition coefficient (Wildman–Crippen LogP) is 4.95. The standard InChI is InChI=1S/C25H25N3O3S/c1-3-16-8-10-17(11-9-16)27-22(30)14-32-25-18(13-26)23(21-12-7-15(2)31-21)24-19(28-25)5-4-6-20(24)29/h7-12,23,28H,3-6,14H2,1-2H3,(H,27,30). The monoisotopic (exact) mass is 447 g/mol. The second kappa shape index (κ2) is 9.49. The molecule has 4 rings (SSSR count). The molecule has 2 aliphatic rings. The van der Waals surface area contributed by atoms with Gasteiger partial charge in [-0.05, 0) is 56.0 Å². The van der Waals surface area contributed by atoms with Crippen molar-refractivity contribution in [3.05, 3.63) is 75.4 Å². The van der Waals surface area contributed by atoms with Crippen LogP contribution < -0.4 is 10.6 Å². The summed E-state index contributed by atoms with van der Waals surface area (Å²) in [6.07, 6.45) is 2.91. The summed E-state index contributed by atoms with van der Waals surface area (Å²) in [7, 11) is 0. The third-order valence-corrected chi connectivity index (χ3v) is 6.72. The Morgan fingerprint density at radius 2 is 2.03 bits per heavy atom. The zero-order chi connectivity index (χ0) is 22.7. The molecule has 0 radical (unpaired) electrons. The number of allylic oxidation sites excluding steroid dienone is 3. The Bertz CT molecular complexity index is 1150. The molecular weight excluding hydrogens is 422 g/mol. The van der Waals surface area contributed by atoms with Crippen molar-refractivity contribution in [2.75, 3.05) is 11.1 Å². The van der Waals surface area contributed by atoms with Crippen LogP contribution >= 0.6 is 11.8 Å². The maximum absolute atomic E-state index is 12.8. The van der Waals surface area contributed by atoms with Gasteiger partial charge in [0, 0.05) is 23.4 Å². The maximum atomic E-state index is 12.8. The number of ketones is 1. The van der Waals surface area contributed by atoms with Crippen molar-refractivity contribution in [2.45, 2.75) is 45.4 Å². The van der Waals surface area contributed by atoms with Crippen LogP contribution in [0.25, 0.3) is 0 Å². The van der Waals surface area contributed by atoms with Gasteiger partial charge in [-0.15, -0.1) is 0 Å². The fourth-order valence-corrected chi connectivity index (χ4v) is 4.95. The minimum atomic E-state index is -0.537. The number of dihydropyridines is 1. The van der Waals surface area contributed by atoms with Crippen LogP contribution in [-0.4, -0.2) is 17.4 Å². The minimum absolute atomic E-state index is 0.0443. The van der Waals surface area contributed by atoms with Gasteiger partial charge in [0.05, 0.1) is 28.3 Å². The van der Waals surface area contributed by atoms with Gasteiger partial charge >= 0.3 is 0 Å². The highest BCUT2D eigenvalue weighted by Crippen LogP contribution is 2.44. The molecule has 0 spiro atoms. The van der Waals surface area contributed by atoms with E-state index in [1.165, 1.54) is 17.3 Å². The minimum Gasteiger partial charge on any atom is -0.465 e. The Hall–Kier alpha value is -3.24. The van der Waals surface area contributed by atoms with Gasteiger partial charge < -0.3 is 15.1 Å². The van der Waals surface area contributed by atoms with Crippen molar-refractivity contribution >= 4 is 29.1 Å². The Labute approximate surface area is 191 Å². The molecule has 2 aromatic rings. The highest BCUT2D eigenvalue weighted by Gasteiger charge is 2.38. The number of nitrogens with one attached hydrogen (secondary N) is 2. The molecule has 1 aliphatic heterocycles. The molecule has 1 aromatic carbocycles. The third kappa shape index (κ3) is 4.51. The van der Waals surface area contributed by atoms with Gasteiger partial charge in [0.2, 0.25) is 5.91 Å². The van der Waals surface area contributed by atoms with Crippen LogP contribution in [0, 0.1) is 18.3 Å². The summed E-state index contributed by atoms with van der Waals surface area (Å²) in [5.74, 6) is 0.804. The maximum Gasteiger partial charge on any atom is 0.234 e. The average molecular weight is 448 g/mol. The Morgan fingerprint density at radius 1 is 1.25 bits per heavy atom. The van der Waals surface area contributed by atoms with E-state index in [1.54, 1.807) is 0 Å². The molecule has 164 valence electrons. The lowest BCUT2D eigenvalue weighted by atomic mass is 9.79. The molecule has 0 bridgehead atoms. The normalized spacial score (nSPS) is 18.2. The van der Waals surface area contributed by atoms with E-state index in [4.69, 9.17) is 4.42 Å². The first-order valence-electron chi connectivity index (χ1n) is 10.8. The lowest BCUT2D eigenvalue weighted by Crippen LogP contribution is -2.31. The van der Waals surface area contributed by atoms with E-state index in [1.807, 2.05) is 43.3 Å². The van der Waals surface area contributed by atoms with E-state index in [2.05, 4.69) is 23.6 Å². The van der Waals surface area contributed by atoms with Crippen molar-refractivity contribution < 1.29 is 14.0 Å². The largest absolute Gasteiger partial charge is 0.465 e. The molecule has 1 aromatic heterocycles. The van der Waals surface area contributed by atoms with E-state index in [-0.39, 0.29) is 17.4 Å². The molecule has 1 unspecified atom stereocenters. The molecule has 1 aliphatic carbocycles. The average Bonchev–Trinajstić information content (AvgIpc) is 3.23. The fraction of sp³-hybridized carbons (Fsp3) is 0.320. The SMILES string of the molecule is CCc1ccc(NC(=O)CSC2=C(C#N)C(c3ccc(C)o3)C3=C(CCCC3=O)N2)cc1. The van der Waals surface area contributed by atoms with E-state index < -0.39 is 5.92 Å². The van der Waals surface area contributed by atoms with Crippen molar-refractivity contribution in [3.63, 3.8) is 0 Å². The number of amides is 1. The number of Topliss-reactive ketones (excluding diaryl/α,β-unsaturated/α-hetero) is 1. The molecule has 2 N–H and O–H groups in total. The van der Waals surface area contributed by atoms with Crippen LogP contribution in [0.2, 0.25) is 0 Å². The highest BCUT2D eigenvalue weighted by atomic mass is 32.2. The Kier molecular flexibility index (Phi) is 6.52. The quantitative estimate of drug-likeness (QED) is 0.650. The summed E-state index contributed by atoms with van der Waals surface area (Å²) >= 11 is 1.27. The topological polar surface area (TPSA) is 95.1 Å². The number of benzene rings is 1. The first-order chi connectivity index (χ1) is 15.5. The van der Waals surface area contributed by atoms with Crippen LogP contribution in [0.5, 0.6) is 0 Å². The summed E-state index contributed by atoms with van der Waals surface area (Å²) in [4.78, 5) is 25.3. The molecular formula is C25H25N3O3S. The summed E-state index contributed by atoms with van der Waals surface area (Å²) in [5.41, 5.74) is 3.81. The van der Waals surface area contributed by atoms with Gasteiger partial charge in [-0.1, -0.05) is 30.8 Å². The van der Waals surface area contributed by atoms with E-state index >= 15 is 0 Å². The third-order valence-electron chi connectivity index (χ3n) is 5.70. The Balaban J connectivity index is 1.56. The van der Waals surface area contributed by atoms with Crippen LogP contribution in [-0.2, 0) is 16.0 Å². The number of aryl methyl sites for hydroxylation is 2. The van der Waals surface area contributed by atoms with Crippen LogP contribution in [0.1, 0.15) is 49.2 Å². The summed E-state index contributed by atoms with van der Waals surface area (Å²) < 4.78 is 5.84. The second-order valence-corrected chi connectivity index (χ2v) is 8.90. The number of hydrogen-bond acceptors (Lipinski definition) is 6. The van der Waals surface area contributed by atoms with Crippen LogP contribution in [0.4, 0.5) is 5.69 Å². The van der Waals surface area contributed by atoms with E-state index in [0.29, 0.717) is 28.4 Å². The molecule has 1 atom stereocenters. The number of nitrogens with zero attached hydrogens (tertiary/aromatic N) is 1. The lowest BCUT2D eigenvalue weighted by molar-refractivity contribution is -0.116. The van der Waals surface area contributed by atoms with Crippen LogP contribution in [0.15, 0.2) is 62.7 Å². The van der Waals surface area contributed by atoms with Crippen molar-refractivity contribution in [1.29, 1.82) is 5.26 Å². The molecule has 0 fully saturated rings. The van der Waals surface area contributed by atoms with Crippen molar-refractivity contribution in [3.8, 4) is 6.07 Å². The van der Waals surface area contributed by atoms with Gasteiger partial charge in [0.15, 0.2) is 5.78 Å². The number of hydrogen-bond donors (Lipinski definition) is 2.